The number of ether oxygens (including phenoxy) is 1. The Morgan fingerprint density at radius 3 is 2.65 bits per heavy atom. The summed E-state index contributed by atoms with van der Waals surface area (Å²) in [5.41, 5.74) is -0.398. The van der Waals surface area contributed by atoms with Crippen LogP contribution in [0.3, 0.4) is 0 Å². The van der Waals surface area contributed by atoms with Gasteiger partial charge in [0.1, 0.15) is 11.9 Å². The minimum absolute atomic E-state index is 0.0850. The van der Waals surface area contributed by atoms with Crippen molar-refractivity contribution in [2.45, 2.75) is 32.7 Å². The second-order valence-corrected chi connectivity index (χ2v) is 5.03. The molecule has 112 valence electrons. The van der Waals surface area contributed by atoms with Gasteiger partial charge in [-0.1, -0.05) is 13.8 Å². The van der Waals surface area contributed by atoms with Crippen molar-refractivity contribution in [3.8, 4) is 0 Å². The first-order valence-corrected chi connectivity index (χ1v) is 6.50. The van der Waals surface area contributed by atoms with Gasteiger partial charge in [0.05, 0.1) is 7.11 Å². The molecule has 0 bridgehead atoms. The Morgan fingerprint density at radius 1 is 1.50 bits per heavy atom. The van der Waals surface area contributed by atoms with E-state index in [4.69, 9.17) is 9.84 Å². The highest BCUT2D eigenvalue weighted by molar-refractivity contribution is 5.74. The summed E-state index contributed by atoms with van der Waals surface area (Å²) >= 11 is 0. The van der Waals surface area contributed by atoms with Gasteiger partial charge in [0, 0.05) is 24.4 Å². The number of pyridine rings is 1. The van der Waals surface area contributed by atoms with Crippen LogP contribution < -0.4 is 5.56 Å². The summed E-state index contributed by atoms with van der Waals surface area (Å²) in [6, 6.07) is 0.0480. The first-order valence-electron chi connectivity index (χ1n) is 6.50. The van der Waals surface area contributed by atoms with Gasteiger partial charge in [0.15, 0.2) is 0 Å². The van der Waals surface area contributed by atoms with Gasteiger partial charge in [0.2, 0.25) is 0 Å². The van der Waals surface area contributed by atoms with Crippen molar-refractivity contribution in [2.24, 2.45) is 5.92 Å². The number of aliphatic hydroxyl groups excluding tert-OH is 1. The van der Waals surface area contributed by atoms with Crippen molar-refractivity contribution < 1.29 is 19.0 Å². The van der Waals surface area contributed by atoms with E-state index in [1.54, 1.807) is 0 Å². The molecule has 0 saturated carbocycles. The molecule has 6 heteroatoms. The molecule has 5 nitrogen and oxygen atoms in total. The standard InChI is InChI=1S/C14H20FNO4/c1-9(2)6-12(14(19)20-3)16-8-10(4-5-17)11(15)7-13(16)18/h7-9,12,17H,4-6H2,1-3H3. The molecular weight excluding hydrogens is 265 g/mol. The number of carbonyl (C=O) groups is 1. The predicted octanol–water partition coefficient (Wildman–Crippen LogP) is 1.28. The van der Waals surface area contributed by atoms with Crippen LogP contribution >= 0.6 is 0 Å². The molecule has 1 atom stereocenters. The maximum Gasteiger partial charge on any atom is 0.328 e. The van der Waals surface area contributed by atoms with Gasteiger partial charge >= 0.3 is 5.97 Å². The molecule has 0 fully saturated rings. The van der Waals surface area contributed by atoms with E-state index in [1.807, 2.05) is 13.8 Å². The molecule has 1 heterocycles. The van der Waals surface area contributed by atoms with Crippen LogP contribution in [0.15, 0.2) is 17.1 Å². The highest BCUT2D eigenvalue weighted by Crippen LogP contribution is 2.19. The van der Waals surface area contributed by atoms with Gasteiger partial charge in [-0.3, -0.25) is 4.79 Å². The average molecular weight is 285 g/mol. The SMILES string of the molecule is COC(=O)C(CC(C)C)n1cc(CCO)c(F)cc1=O. The number of nitrogens with zero attached hydrogens (tertiary/aromatic N) is 1. The Morgan fingerprint density at radius 2 is 2.15 bits per heavy atom. The minimum atomic E-state index is -0.787. The smallest absolute Gasteiger partial charge is 0.328 e. The number of esters is 1. The van der Waals surface area contributed by atoms with Crippen LogP contribution in [-0.2, 0) is 16.0 Å². The van der Waals surface area contributed by atoms with Gasteiger partial charge in [-0.05, 0) is 18.8 Å². The van der Waals surface area contributed by atoms with Gasteiger partial charge < -0.3 is 14.4 Å². The van der Waals surface area contributed by atoms with E-state index in [2.05, 4.69) is 0 Å². The van der Waals surface area contributed by atoms with Crippen molar-refractivity contribution in [1.29, 1.82) is 0 Å². The molecule has 1 rings (SSSR count). The maximum absolute atomic E-state index is 13.6. The summed E-state index contributed by atoms with van der Waals surface area (Å²) in [7, 11) is 1.25. The predicted molar refractivity (Wildman–Crippen MR) is 72.0 cm³/mol. The van der Waals surface area contributed by atoms with E-state index >= 15 is 0 Å². The number of hydrogen-bond donors (Lipinski definition) is 1. The molecule has 0 saturated heterocycles. The molecule has 1 aromatic rings. The summed E-state index contributed by atoms with van der Waals surface area (Å²) < 4.78 is 19.5. The van der Waals surface area contributed by atoms with Crippen molar-refractivity contribution in [3.05, 3.63) is 34.0 Å². The largest absolute Gasteiger partial charge is 0.467 e. The Labute approximate surface area is 117 Å². The van der Waals surface area contributed by atoms with Crippen LogP contribution in [0, 0.1) is 11.7 Å². The van der Waals surface area contributed by atoms with Gasteiger partial charge in [-0.25, -0.2) is 9.18 Å². The fourth-order valence-electron chi connectivity index (χ4n) is 2.02. The molecule has 0 aliphatic heterocycles. The lowest BCUT2D eigenvalue weighted by Crippen LogP contribution is -2.32. The number of aliphatic hydroxyl groups is 1. The Hall–Kier alpha value is -1.69. The molecule has 0 aliphatic rings. The highest BCUT2D eigenvalue weighted by atomic mass is 19.1. The molecule has 20 heavy (non-hydrogen) atoms. The number of carbonyl (C=O) groups excluding carboxylic acids is 1. The number of aromatic nitrogens is 1. The Bertz CT molecular complexity index is 524. The van der Waals surface area contributed by atoms with E-state index in [1.165, 1.54) is 17.9 Å². The zero-order valence-electron chi connectivity index (χ0n) is 11.9. The topological polar surface area (TPSA) is 68.5 Å². The first kappa shape index (κ1) is 16.4. The lowest BCUT2D eigenvalue weighted by molar-refractivity contribution is -0.145. The summed E-state index contributed by atoms with van der Waals surface area (Å²) in [6.45, 7) is 3.60. The van der Waals surface area contributed by atoms with E-state index in [-0.39, 0.29) is 24.5 Å². The van der Waals surface area contributed by atoms with Crippen LogP contribution in [0.1, 0.15) is 31.9 Å². The molecule has 0 spiro atoms. The zero-order chi connectivity index (χ0) is 15.3. The molecule has 0 amide bonds. The lowest BCUT2D eigenvalue weighted by atomic mass is 10.0. The molecular formula is C14H20FNO4. The quantitative estimate of drug-likeness (QED) is 0.800. The summed E-state index contributed by atoms with van der Waals surface area (Å²) in [5, 5.41) is 8.90. The maximum atomic E-state index is 13.6. The third kappa shape index (κ3) is 3.90. The number of rotatable bonds is 6. The number of methoxy groups -OCH3 is 1. The molecule has 1 N–H and O–H groups in total. The van der Waals surface area contributed by atoms with Crippen LogP contribution in [0.4, 0.5) is 4.39 Å². The molecule has 1 aromatic heterocycles. The summed E-state index contributed by atoms with van der Waals surface area (Å²) in [4.78, 5) is 23.7. The monoisotopic (exact) mass is 285 g/mol. The summed E-state index contributed by atoms with van der Waals surface area (Å²) in [6.07, 6.45) is 1.79. The second-order valence-electron chi connectivity index (χ2n) is 5.03. The van der Waals surface area contributed by atoms with E-state index < -0.39 is 23.4 Å². The minimum Gasteiger partial charge on any atom is -0.467 e. The van der Waals surface area contributed by atoms with Crippen LogP contribution in [0.2, 0.25) is 0 Å². The number of halogens is 1. The third-order valence-corrected chi connectivity index (χ3v) is 2.99. The van der Waals surface area contributed by atoms with E-state index in [0.717, 1.165) is 6.07 Å². The van der Waals surface area contributed by atoms with Crippen molar-refractivity contribution in [1.82, 2.24) is 4.57 Å². The normalized spacial score (nSPS) is 12.5. The van der Waals surface area contributed by atoms with Gasteiger partial charge in [0.25, 0.3) is 5.56 Å². The van der Waals surface area contributed by atoms with Gasteiger partial charge in [-0.15, -0.1) is 0 Å². The molecule has 1 unspecified atom stereocenters. The summed E-state index contributed by atoms with van der Waals surface area (Å²) in [5.74, 6) is -1.05. The Balaban J connectivity index is 3.28. The fourth-order valence-corrected chi connectivity index (χ4v) is 2.02. The van der Waals surface area contributed by atoms with E-state index in [9.17, 15) is 14.0 Å². The van der Waals surface area contributed by atoms with Crippen molar-refractivity contribution in [2.75, 3.05) is 13.7 Å². The van der Waals surface area contributed by atoms with Crippen LogP contribution in [0.25, 0.3) is 0 Å². The Kier molecular flexibility index (Phi) is 5.88. The molecule has 0 radical (unpaired) electrons. The lowest BCUT2D eigenvalue weighted by Gasteiger charge is -2.20. The van der Waals surface area contributed by atoms with Crippen LogP contribution in [0.5, 0.6) is 0 Å². The van der Waals surface area contributed by atoms with Crippen LogP contribution in [-0.4, -0.2) is 29.4 Å². The third-order valence-electron chi connectivity index (χ3n) is 2.99. The van der Waals surface area contributed by atoms with Gasteiger partial charge in [-0.2, -0.15) is 0 Å². The molecule has 0 aliphatic carbocycles. The highest BCUT2D eigenvalue weighted by Gasteiger charge is 2.24. The number of hydrogen-bond acceptors (Lipinski definition) is 4. The fraction of sp³-hybridized carbons (Fsp3) is 0.571. The van der Waals surface area contributed by atoms with Crippen molar-refractivity contribution in [3.63, 3.8) is 0 Å². The molecule has 0 aromatic carbocycles. The van der Waals surface area contributed by atoms with Crippen molar-refractivity contribution >= 4 is 5.97 Å². The van der Waals surface area contributed by atoms with E-state index in [0.29, 0.717) is 6.42 Å². The first-order chi connectivity index (χ1) is 9.40. The average Bonchev–Trinajstić information content (AvgIpc) is 2.38. The second kappa shape index (κ2) is 7.19. The zero-order valence-corrected chi connectivity index (χ0v) is 11.9.